The zero-order valence-electron chi connectivity index (χ0n) is 14.3. The highest BCUT2D eigenvalue weighted by Gasteiger charge is 2.17. The minimum atomic E-state index is -0.288. The van der Waals surface area contributed by atoms with Crippen molar-refractivity contribution in [1.29, 1.82) is 0 Å². The van der Waals surface area contributed by atoms with Gasteiger partial charge in [-0.05, 0) is 34.7 Å². The molecular formula is C20H20FN3O. The number of rotatable bonds is 5. The van der Waals surface area contributed by atoms with Crippen LogP contribution in [0.2, 0.25) is 0 Å². The Morgan fingerprint density at radius 2 is 1.84 bits per heavy atom. The first kappa shape index (κ1) is 16.9. The summed E-state index contributed by atoms with van der Waals surface area (Å²) in [6, 6.07) is 11.4. The molecule has 25 heavy (non-hydrogen) atoms. The van der Waals surface area contributed by atoms with Crippen LogP contribution in [0.25, 0.3) is 11.1 Å². The third-order valence-electron chi connectivity index (χ3n) is 4.15. The molecule has 3 rings (SSSR count). The van der Waals surface area contributed by atoms with Crippen molar-refractivity contribution in [2.75, 3.05) is 12.8 Å². The molecule has 1 aromatic heterocycles. The normalized spacial score (nSPS) is 10.7. The van der Waals surface area contributed by atoms with Crippen molar-refractivity contribution >= 4 is 5.95 Å². The number of nitrogens with two attached hydrogens (primary N) is 1. The molecule has 4 nitrogen and oxygen atoms in total. The second kappa shape index (κ2) is 7.30. The molecule has 0 saturated carbocycles. The maximum atomic E-state index is 15.3. The summed E-state index contributed by atoms with van der Waals surface area (Å²) in [6.07, 6.45) is 4.50. The lowest BCUT2D eigenvalue weighted by Crippen LogP contribution is -2.01. The number of methoxy groups -OCH3 is 1. The Bertz CT molecular complexity index is 879. The predicted octanol–water partition coefficient (Wildman–Crippen LogP) is 4.03. The summed E-state index contributed by atoms with van der Waals surface area (Å²) in [5.74, 6) is 0.434. The molecule has 0 spiro atoms. The van der Waals surface area contributed by atoms with Gasteiger partial charge in [0.05, 0.1) is 12.7 Å². The largest absolute Gasteiger partial charge is 0.496 e. The molecule has 0 radical (unpaired) electrons. The second-order valence-corrected chi connectivity index (χ2v) is 5.80. The number of ether oxygens (including phenoxy) is 1. The highest BCUT2D eigenvalue weighted by atomic mass is 19.1. The van der Waals surface area contributed by atoms with Gasteiger partial charge in [-0.1, -0.05) is 37.3 Å². The van der Waals surface area contributed by atoms with Gasteiger partial charge < -0.3 is 10.5 Å². The number of benzene rings is 2. The molecule has 1 heterocycles. The Hall–Kier alpha value is -2.95. The van der Waals surface area contributed by atoms with Gasteiger partial charge in [-0.15, -0.1) is 0 Å². The molecule has 0 saturated heterocycles. The average molecular weight is 337 g/mol. The molecule has 0 atom stereocenters. The number of aromatic nitrogens is 2. The molecule has 0 fully saturated rings. The highest BCUT2D eigenvalue weighted by molar-refractivity contribution is 5.72. The number of hydrogen-bond acceptors (Lipinski definition) is 4. The molecule has 2 N–H and O–H groups in total. The van der Waals surface area contributed by atoms with Crippen LogP contribution in [-0.2, 0) is 12.8 Å². The number of nitrogens with zero attached hydrogens (tertiary/aromatic N) is 2. The van der Waals surface area contributed by atoms with Gasteiger partial charge in [0.1, 0.15) is 11.6 Å². The minimum Gasteiger partial charge on any atom is -0.496 e. The summed E-state index contributed by atoms with van der Waals surface area (Å²) < 4.78 is 20.7. The SMILES string of the molecule is CCc1cccc(-c2c(OC)ccc(Cc3cnc(N)nc3)c2F)c1. The first-order valence-electron chi connectivity index (χ1n) is 8.13. The molecule has 0 amide bonds. The van der Waals surface area contributed by atoms with Crippen LogP contribution in [-0.4, -0.2) is 17.1 Å². The molecule has 2 aromatic carbocycles. The van der Waals surface area contributed by atoms with Crippen LogP contribution in [0.15, 0.2) is 48.8 Å². The summed E-state index contributed by atoms with van der Waals surface area (Å²) in [7, 11) is 1.55. The smallest absolute Gasteiger partial charge is 0.219 e. The number of hydrogen-bond donors (Lipinski definition) is 1. The quantitative estimate of drug-likeness (QED) is 0.764. The van der Waals surface area contributed by atoms with Gasteiger partial charge in [0.15, 0.2) is 0 Å². The summed E-state index contributed by atoms with van der Waals surface area (Å²) in [6.45, 7) is 2.07. The third kappa shape index (κ3) is 3.60. The van der Waals surface area contributed by atoms with Crippen LogP contribution < -0.4 is 10.5 Å². The van der Waals surface area contributed by atoms with E-state index in [1.165, 1.54) is 0 Å². The lowest BCUT2D eigenvalue weighted by molar-refractivity contribution is 0.413. The highest BCUT2D eigenvalue weighted by Crippen LogP contribution is 2.35. The molecular weight excluding hydrogens is 317 g/mol. The van der Waals surface area contributed by atoms with Crippen molar-refractivity contribution in [1.82, 2.24) is 9.97 Å². The lowest BCUT2D eigenvalue weighted by Gasteiger charge is -2.14. The van der Waals surface area contributed by atoms with Gasteiger partial charge in [0, 0.05) is 18.8 Å². The Morgan fingerprint density at radius 3 is 2.52 bits per heavy atom. The van der Waals surface area contributed by atoms with Gasteiger partial charge >= 0.3 is 0 Å². The number of anilines is 1. The molecule has 0 aliphatic carbocycles. The van der Waals surface area contributed by atoms with Crippen molar-refractivity contribution in [3.8, 4) is 16.9 Å². The summed E-state index contributed by atoms with van der Waals surface area (Å²) >= 11 is 0. The van der Waals surface area contributed by atoms with Crippen LogP contribution in [0.1, 0.15) is 23.6 Å². The Balaban J connectivity index is 2.06. The van der Waals surface area contributed by atoms with E-state index in [4.69, 9.17) is 10.5 Å². The Morgan fingerprint density at radius 1 is 1.08 bits per heavy atom. The fourth-order valence-electron chi connectivity index (χ4n) is 2.80. The molecule has 0 aliphatic rings. The van der Waals surface area contributed by atoms with E-state index >= 15 is 4.39 Å². The lowest BCUT2D eigenvalue weighted by atomic mass is 9.96. The first-order chi connectivity index (χ1) is 12.1. The second-order valence-electron chi connectivity index (χ2n) is 5.80. The topological polar surface area (TPSA) is 61.0 Å². The van der Waals surface area contributed by atoms with E-state index in [0.717, 1.165) is 23.1 Å². The van der Waals surface area contributed by atoms with Crippen LogP contribution in [0, 0.1) is 5.82 Å². The van der Waals surface area contributed by atoms with E-state index < -0.39 is 0 Å². The monoisotopic (exact) mass is 337 g/mol. The van der Waals surface area contributed by atoms with Crippen LogP contribution >= 0.6 is 0 Å². The zero-order chi connectivity index (χ0) is 17.8. The van der Waals surface area contributed by atoms with E-state index in [1.54, 1.807) is 31.6 Å². The molecule has 5 heteroatoms. The average Bonchev–Trinajstić information content (AvgIpc) is 2.65. The molecule has 128 valence electrons. The van der Waals surface area contributed by atoms with Crippen molar-refractivity contribution in [2.45, 2.75) is 19.8 Å². The zero-order valence-corrected chi connectivity index (χ0v) is 14.3. The van der Waals surface area contributed by atoms with Crippen LogP contribution in [0.5, 0.6) is 5.75 Å². The fraction of sp³-hybridized carbons (Fsp3) is 0.200. The van der Waals surface area contributed by atoms with Gasteiger partial charge in [0.25, 0.3) is 0 Å². The number of nitrogen functional groups attached to an aromatic ring is 1. The van der Waals surface area contributed by atoms with Crippen LogP contribution in [0.3, 0.4) is 0 Å². The van der Waals surface area contributed by atoms with Crippen molar-refractivity contribution in [3.05, 3.63) is 71.3 Å². The number of aryl methyl sites for hydroxylation is 1. The maximum Gasteiger partial charge on any atom is 0.219 e. The first-order valence-corrected chi connectivity index (χ1v) is 8.13. The van der Waals surface area contributed by atoms with Crippen molar-refractivity contribution in [2.24, 2.45) is 0 Å². The van der Waals surface area contributed by atoms with Gasteiger partial charge in [-0.3, -0.25) is 0 Å². The predicted molar refractivity (Wildman–Crippen MR) is 97.0 cm³/mol. The summed E-state index contributed by atoms with van der Waals surface area (Å²) in [5.41, 5.74) is 9.30. The van der Waals surface area contributed by atoms with Gasteiger partial charge in [-0.2, -0.15) is 0 Å². The van der Waals surface area contributed by atoms with E-state index in [-0.39, 0.29) is 11.8 Å². The van der Waals surface area contributed by atoms with E-state index in [1.807, 2.05) is 24.3 Å². The van der Waals surface area contributed by atoms with E-state index in [2.05, 4.69) is 16.9 Å². The minimum absolute atomic E-state index is 0.205. The summed E-state index contributed by atoms with van der Waals surface area (Å²) in [5, 5.41) is 0. The molecule has 0 bridgehead atoms. The third-order valence-corrected chi connectivity index (χ3v) is 4.15. The van der Waals surface area contributed by atoms with Gasteiger partial charge in [-0.25, -0.2) is 14.4 Å². The summed E-state index contributed by atoms with van der Waals surface area (Å²) in [4.78, 5) is 7.92. The standard InChI is InChI=1S/C20H20FN3O/c1-3-13-5-4-6-15(9-13)18-17(25-2)8-7-16(19(18)21)10-14-11-23-20(22)24-12-14/h4-9,11-12H,3,10H2,1-2H3,(H2,22,23,24). The van der Waals surface area contributed by atoms with Crippen LogP contribution in [0.4, 0.5) is 10.3 Å². The molecule has 0 aliphatic heterocycles. The Kier molecular flexibility index (Phi) is 4.93. The van der Waals surface area contributed by atoms with E-state index in [0.29, 0.717) is 23.3 Å². The Labute approximate surface area is 146 Å². The molecule has 3 aromatic rings. The van der Waals surface area contributed by atoms with Crippen molar-refractivity contribution < 1.29 is 9.13 Å². The van der Waals surface area contributed by atoms with Gasteiger partial charge in [0.2, 0.25) is 5.95 Å². The molecule has 0 unspecified atom stereocenters. The van der Waals surface area contributed by atoms with Crippen molar-refractivity contribution in [3.63, 3.8) is 0 Å². The number of halogens is 1. The fourth-order valence-corrected chi connectivity index (χ4v) is 2.80. The van der Waals surface area contributed by atoms with E-state index in [9.17, 15) is 0 Å². The maximum absolute atomic E-state index is 15.3.